The molecule has 0 aliphatic heterocycles. The highest BCUT2D eigenvalue weighted by Gasteiger charge is 2.42. The Morgan fingerprint density at radius 2 is 1.16 bits per heavy atom. The second-order valence-corrected chi connectivity index (χ2v) is 18.6. The molecule has 3 heteroatoms. The third-order valence-electron chi connectivity index (χ3n) is 6.07. The van der Waals surface area contributed by atoms with E-state index in [1.54, 1.807) is 0 Å². The van der Waals surface area contributed by atoms with Crippen molar-refractivity contribution in [3.63, 3.8) is 0 Å². The van der Waals surface area contributed by atoms with Gasteiger partial charge >= 0.3 is 0 Å². The molecule has 0 radical (unpaired) electrons. The molecule has 0 amide bonds. The van der Waals surface area contributed by atoms with E-state index in [0.717, 1.165) is 18.1 Å². The number of hydrogen-bond acceptors (Lipinski definition) is 1. The molecule has 1 atom stereocenters. The molecule has 0 heterocycles. The van der Waals surface area contributed by atoms with Crippen LogP contribution in [0.1, 0.15) is 62.3 Å². The van der Waals surface area contributed by atoms with Crippen LogP contribution < -0.4 is 0 Å². The average Bonchev–Trinajstić information content (AvgIpc) is 2.56. The molecule has 0 aromatic rings. The lowest BCUT2D eigenvalue weighted by Gasteiger charge is -2.38. The highest BCUT2D eigenvalue weighted by atomic mass is 28.3. The van der Waals surface area contributed by atoms with Crippen LogP contribution in [0.15, 0.2) is 0 Å². The molecule has 25 heavy (non-hydrogen) atoms. The number of rotatable bonds is 6. The van der Waals surface area contributed by atoms with E-state index in [0.29, 0.717) is 16.6 Å². The molecule has 0 aliphatic rings. The van der Waals surface area contributed by atoms with Gasteiger partial charge in [0.25, 0.3) is 0 Å². The van der Waals surface area contributed by atoms with Crippen molar-refractivity contribution in [2.45, 2.75) is 103 Å². The Bertz CT molecular complexity index is 555. The van der Waals surface area contributed by atoms with Crippen LogP contribution in [0.5, 0.6) is 0 Å². The Labute approximate surface area is 159 Å². The smallest absolute Gasteiger partial charge is 0.250 e. The average molecular weight is 375 g/mol. The van der Waals surface area contributed by atoms with Gasteiger partial charge in [0, 0.05) is 0 Å². The van der Waals surface area contributed by atoms with Crippen LogP contribution in [0.3, 0.4) is 0 Å². The van der Waals surface area contributed by atoms with Gasteiger partial charge in [0.15, 0.2) is 0 Å². The molecule has 0 rings (SSSR count). The zero-order valence-electron chi connectivity index (χ0n) is 17.9. The Kier molecular flexibility index (Phi) is 9.32. The molecule has 0 fully saturated rings. The van der Waals surface area contributed by atoms with Gasteiger partial charge in [-0.25, -0.2) is 0 Å². The summed E-state index contributed by atoms with van der Waals surface area (Å²) in [5.74, 6) is 8.53. The van der Waals surface area contributed by atoms with Gasteiger partial charge in [0.2, 0.25) is 5.60 Å². The van der Waals surface area contributed by atoms with Crippen LogP contribution in [0, 0.1) is 35.3 Å². The van der Waals surface area contributed by atoms with Crippen molar-refractivity contribution in [2.75, 3.05) is 0 Å². The molecule has 1 unspecified atom stereocenters. The van der Waals surface area contributed by atoms with E-state index in [2.05, 4.69) is 91.2 Å². The Balaban J connectivity index is 6.13. The van der Waals surface area contributed by atoms with Crippen molar-refractivity contribution in [1.82, 2.24) is 0 Å². The van der Waals surface area contributed by atoms with Crippen molar-refractivity contribution in [3.8, 4) is 35.3 Å². The first kappa shape index (κ1) is 24.1. The van der Waals surface area contributed by atoms with Crippen molar-refractivity contribution in [2.24, 2.45) is 0 Å². The van der Waals surface area contributed by atoms with Crippen LogP contribution in [0.2, 0.25) is 34.8 Å². The van der Waals surface area contributed by atoms with E-state index in [-0.39, 0.29) is 0 Å². The fourth-order valence-corrected chi connectivity index (χ4v) is 11.7. The third kappa shape index (κ3) is 5.52. The maximum Gasteiger partial charge on any atom is 0.250 e. The summed E-state index contributed by atoms with van der Waals surface area (Å²) >= 11 is 0. The zero-order valence-corrected chi connectivity index (χ0v) is 19.9. The minimum atomic E-state index is -1.93. The second-order valence-electron chi connectivity index (χ2n) is 8.09. The summed E-state index contributed by atoms with van der Waals surface area (Å²) in [6.45, 7) is 20.1. The molecular weight excluding hydrogens is 336 g/mol. The van der Waals surface area contributed by atoms with E-state index >= 15 is 0 Å². The molecule has 0 spiro atoms. The normalized spacial score (nSPS) is 14.4. The van der Waals surface area contributed by atoms with Gasteiger partial charge in [-0.05, 0) is 52.5 Å². The van der Waals surface area contributed by atoms with Crippen LogP contribution in [0.4, 0.5) is 0 Å². The SMILES string of the molecule is C#CC(O)(C#C[Si](CC)(CC)CC)C#C[Si](C(C)C)(C(C)C)C(C)C. The second kappa shape index (κ2) is 9.68. The molecule has 0 aromatic heterocycles. The van der Waals surface area contributed by atoms with Crippen LogP contribution in [-0.2, 0) is 0 Å². The summed E-state index contributed by atoms with van der Waals surface area (Å²) in [5, 5.41) is 10.8. The molecule has 140 valence electrons. The summed E-state index contributed by atoms with van der Waals surface area (Å²) in [7, 11) is -3.58. The van der Waals surface area contributed by atoms with E-state index in [1.165, 1.54) is 0 Å². The first-order valence-corrected chi connectivity index (χ1v) is 14.6. The molecule has 0 saturated heterocycles. The highest BCUT2D eigenvalue weighted by molar-refractivity contribution is 6.90. The summed E-state index contributed by atoms with van der Waals surface area (Å²) in [6, 6.07) is 3.26. The van der Waals surface area contributed by atoms with Crippen LogP contribution in [-0.4, -0.2) is 26.9 Å². The maximum atomic E-state index is 10.8. The highest BCUT2D eigenvalue weighted by Crippen LogP contribution is 2.40. The van der Waals surface area contributed by atoms with E-state index < -0.39 is 21.7 Å². The van der Waals surface area contributed by atoms with Gasteiger partial charge in [0.05, 0.1) is 0 Å². The lowest BCUT2D eigenvalue weighted by molar-refractivity contribution is 0.225. The molecule has 0 aliphatic carbocycles. The monoisotopic (exact) mass is 374 g/mol. The molecule has 0 saturated carbocycles. The summed E-state index contributed by atoms with van der Waals surface area (Å²) in [5.41, 5.74) is 6.83. The maximum absolute atomic E-state index is 10.8. The van der Waals surface area contributed by atoms with Gasteiger partial charge in [0.1, 0.15) is 16.1 Å². The van der Waals surface area contributed by atoms with E-state index in [1.807, 2.05) is 0 Å². The van der Waals surface area contributed by atoms with Crippen molar-refractivity contribution in [3.05, 3.63) is 0 Å². The standard InChI is InChI=1S/C22H38OSi2/c1-11-22(23,15-17-24(12-2,13-3)14-4)16-18-25(19(5)6,20(7)8)21(9)10/h1,19-21,23H,12-14H2,2-10H3. The summed E-state index contributed by atoms with van der Waals surface area (Å²) in [6.07, 6.45) is 5.64. The van der Waals surface area contributed by atoms with Gasteiger partial charge in [-0.1, -0.05) is 62.3 Å². The molecule has 1 nitrogen and oxygen atoms in total. The van der Waals surface area contributed by atoms with Crippen LogP contribution >= 0.6 is 0 Å². The molecule has 0 bridgehead atoms. The Morgan fingerprint density at radius 3 is 1.44 bits per heavy atom. The zero-order chi connectivity index (χ0) is 19.9. The topological polar surface area (TPSA) is 20.2 Å². The van der Waals surface area contributed by atoms with Crippen molar-refractivity contribution >= 4 is 16.1 Å². The number of aliphatic hydroxyl groups is 1. The lowest BCUT2D eigenvalue weighted by atomic mass is 10.1. The largest absolute Gasteiger partial charge is 0.357 e. The minimum absolute atomic E-state index is 0.505. The number of hydrogen-bond donors (Lipinski definition) is 1. The predicted molar refractivity (Wildman–Crippen MR) is 118 cm³/mol. The first-order chi connectivity index (χ1) is 11.5. The molecule has 0 aromatic carbocycles. The van der Waals surface area contributed by atoms with Crippen LogP contribution in [0.25, 0.3) is 0 Å². The predicted octanol–water partition coefficient (Wildman–Crippen LogP) is 5.62. The van der Waals surface area contributed by atoms with E-state index in [4.69, 9.17) is 6.42 Å². The summed E-state index contributed by atoms with van der Waals surface area (Å²) in [4.78, 5) is 0. The van der Waals surface area contributed by atoms with Gasteiger partial charge in [-0.15, -0.1) is 17.5 Å². The fraction of sp³-hybridized carbons (Fsp3) is 0.727. The van der Waals surface area contributed by atoms with Crippen molar-refractivity contribution < 1.29 is 5.11 Å². The van der Waals surface area contributed by atoms with Crippen molar-refractivity contribution in [1.29, 1.82) is 0 Å². The lowest BCUT2D eigenvalue weighted by Crippen LogP contribution is -2.44. The fourth-order valence-electron chi connectivity index (χ4n) is 3.97. The van der Waals surface area contributed by atoms with Gasteiger partial charge in [-0.3, -0.25) is 0 Å². The molecular formula is C22H38OSi2. The first-order valence-electron chi connectivity index (χ1n) is 9.77. The third-order valence-corrected chi connectivity index (χ3v) is 17.1. The number of terminal acetylenes is 1. The Morgan fingerprint density at radius 1 is 0.800 bits per heavy atom. The Hall–Kier alpha value is -0.926. The molecule has 1 N–H and O–H groups in total. The quantitative estimate of drug-likeness (QED) is 0.472. The van der Waals surface area contributed by atoms with Gasteiger partial charge < -0.3 is 5.11 Å². The van der Waals surface area contributed by atoms with Gasteiger partial charge in [-0.2, -0.15) is 0 Å². The van der Waals surface area contributed by atoms with E-state index in [9.17, 15) is 5.11 Å². The minimum Gasteiger partial charge on any atom is -0.357 e. The summed E-state index contributed by atoms with van der Waals surface area (Å²) < 4.78 is 0.